The molecule has 1 aromatic carbocycles. The van der Waals surface area contributed by atoms with Crippen LogP contribution in [0.5, 0.6) is 0 Å². The first kappa shape index (κ1) is 8.76. The summed E-state index contributed by atoms with van der Waals surface area (Å²) in [5, 5.41) is 0. The topological polar surface area (TPSA) is 32.8 Å². The molecule has 4 rings (SSSR count). The maximum atomic E-state index is 12.2. The summed E-state index contributed by atoms with van der Waals surface area (Å²) >= 11 is 0. The highest BCUT2D eigenvalue weighted by molar-refractivity contribution is 5.97. The van der Waals surface area contributed by atoms with E-state index >= 15 is 0 Å². The average Bonchev–Trinajstić information content (AvgIpc) is 3.03. The zero-order chi connectivity index (χ0) is 10.7. The van der Waals surface area contributed by atoms with E-state index in [1.54, 1.807) is 0 Å². The Morgan fingerprint density at radius 2 is 2.06 bits per heavy atom. The second-order valence-corrected chi connectivity index (χ2v) is 4.94. The number of amides is 1. The molecule has 3 heteroatoms. The molecule has 3 atom stereocenters. The molecule has 3 aliphatic heterocycles. The maximum Gasteiger partial charge on any atom is 0.254 e. The smallest absolute Gasteiger partial charge is 0.254 e. The summed E-state index contributed by atoms with van der Waals surface area (Å²) in [6.45, 7) is 1.67. The van der Waals surface area contributed by atoms with Crippen LogP contribution in [0.4, 0.5) is 0 Å². The highest BCUT2D eigenvalue weighted by atomic mass is 16.6. The van der Waals surface area contributed by atoms with Crippen LogP contribution in [0.25, 0.3) is 0 Å². The molecule has 2 saturated heterocycles. The Morgan fingerprint density at radius 1 is 1.19 bits per heavy atom. The Hall–Kier alpha value is -1.35. The van der Waals surface area contributed by atoms with Gasteiger partial charge in [-0.3, -0.25) is 4.79 Å². The van der Waals surface area contributed by atoms with E-state index in [0.717, 1.165) is 25.1 Å². The highest BCUT2D eigenvalue weighted by Gasteiger charge is 2.48. The van der Waals surface area contributed by atoms with Crippen LogP contribution in [0.2, 0.25) is 0 Å². The largest absolute Gasteiger partial charge is 0.368 e. The van der Waals surface area contributed by atoms with Gasteiger partial charge in [0.1, 0.15) is 6.10 Å². The van der Waals surface area contributed by atoms with Crippen LogP contribution in [-0.4, -0.2) is 36.1 Å². The molecule has 82 valence electrons. The predicted molar refractivity (Wildman–Crippen MR) is 58.4 cm³/mol. The summed E-state index contributed by atoms with van der Waals surface area (Å²) in [4.78, 5) is 14.2. The molecule has 0 aromatic heterocycles. The quantitative estimate of drug-likeness (QED) is 0.613. The van der Waals surface area contributed by atoms with Crippen molar-refractivity contribution in [2.75, 3.05) is 13.1 Å². The molecule has 0 aliphatic carbocycles. The number of nitrogens with zero attached hydrogens (tertiary/aromatic N) is 1. The average molecular weight is 215 g/mol. The molecular formula is C13H13NO2. The molecule has 1 aromatic rings. The van der Waals surface area contributed by atoms with Gasteiger partial charge in [-0.1, -0.05) is 18.2 Å². The van der Waals surface area contributed by atoms with Crippen molar-refractivity contribution >= 4 is 5.91 Å². The minimum absolute atomic E-state index is 0.183. The molecule has 0 N–H and O–H groups in total. The Balaban J connectivity index is 1.85. The zero-order valence-electron chi connectivity index (χ0n) is 8.93. The van der Waals surface area contributed by atoms with Crippen LogP contribution in [0.1, 0.15) is 28.3 Å². The Kier molecular flexibility index (Phi) is 1.56. The number of epoxide rings is 1. The Labute approximate surface area is 94.0 Å². The van der Waals surface area contributed by atoms with Crippen molar-refractivity contribution in [1.82, 2.24) is 4.90 Å². The van der Waals surface area contributed by atoms with Gasteiger partial charge in [0.25, 0.3) is 5.91 Å². The van der Waals surface area contributed by atoms with Gasteiger partial charge in [-0.2, -0.15) is 0 Å². The molecule has 0 saturated carbocycles. The lowest BCUT2D eigenvalue weighted by Crippen LogP contribution is -2.40. The first-order valence-electron chi connectivity index (χ1n) is 5.86. The second kappa shape index (κ2) is 2.86. The lowest BCUT2D eigenvalue weighted by atomic mass is 9.87. The zero-order valence-corrected chi connectivity index (χ0v) is 8.93. The molecule has 2 bridgehead atoms. The first-order valence-corrected chi connectivity index (χ1v) is 5.86. The van der Waals surface area contributed by atoms with Crippen LogP contribution < -0.4 is 0 Å². The van der Waals surface area contributed by atoms with E-state index in [2.05, 4.69) is 6.07 Å². The van der Waals surface area contributed by atoms with Crippen molar-refractivity contribution in [3.63, 3.8) is 0 Å². The Bertz CT molecular complexity index is 471. The third-order valence-electron chi connectivity index (χ3n) is 3.96. The van der Waals surface area contributed by atoms with E-state index in [0.29, 0.717) is 18.1 Å². The molecule has 3 nitrogen and oxygen atoms in total. The molecular weight excluding hydrogens is 202 g/mol. The van der Waals surface area contributed by atoms with Crippen molar-refractivity contribution < 1.29 is 9.53 Å². The summed E-state index contributed by atoms with van der Waals surface area (Å²) in [5.74, 6) is 0.661. The van der Waals surface area contributed by atoms with Gasteiger partial charge < -0.3 is 9.64 Å². The summed E-state index contributed by atoms with van der Waals surface area (Å²) < 4.78 is 5.56. The van der Waals surface area contributed by atoms with Gasteiger partial charge in [-0.25, -0.2) is 0 Å². The number of fused-ring (bicyclic) bond motifs is 5. The van der Waals surface area contributed by atoms with E-state index < -0.39 is 0 Å². The second-order valence-electron chi connectivity index (χ2n) is 4.94. The van der Waals surface area contributed by atoms with Crippen LogP contribution in [0.3, 0.4) is 0 Å². The number of hydrogen-bond acceptors (Lipinski definition) is 2. The molecule has 2 fully saturated rings. The Morgan fingerprint density at radius 3 is 3.00 bits per heavy atom. The standard InChI is InChI=1S/C13H13NO2/c15-13-10-4-2-1-3-9(10)8-5-11-12(16-11)7-14(13)6-8/h1-4,8,11-12H,5-7H2/t8-,11-,12+/m1/s1. The number of carbonyl (C=O) groups is 1. The third kappa shape index (κ3) is 1.09. The molecule has 3 aliphatic rings. The summed E-state index contributed by atoms with van der Waals surface area (Å²) in [6, 6.07) is 8.02. The SMILES string of the molecule is O=C1c2ccccc2[C@@H]2C[C@H]3O[C@H]3CN1C2. The molecule has 1 amide bonds. The lowest BCUT2D eigenvalue weighted by Gasteiger charge is -2.32. The molecule has 0 unspecified atom stereocenters. The fourth-order valence-electron chi connectivity index (χ4n) is 3.07. The van der Waals surface area contributed by atoms with Crippen LogP contribution in [-0.2, 0) is 4.74 Å². The van der Waals surface area contributed by atoms with Crippen molar-refractivity contribution in [3.05, 3.63) is 35.4 Å². The summed E-state index contributed by atoms with van der Waals surface area (Å²) in [7, 11) is 0. The number of ether oxygens (including phenoxy) is 1. The van der Waals surface area contributed by atoms with Crippen molar-refractivity contribution in [2.45, 2.75) is 24.5 Å². The van der Waals surface area contributed by atoms with Crippen molar-refractivity contribution in [2.24, 2.45) is 0 Å². The van der Waals surface area contributed by atoms with Gasteiger partial charge in [0.15, 0.2) is 0 Å². The number of carbonyl (C=O) groups excluding carboxylic acids is 1. The number of hydrogen-bond donors (Lipinski definition) is 0. The van der Waals surface area contributed by atoms with Gasteiger partial charge in [-0.15, -0.1) is 0 Å². The van der Waals surface area contributed by atoms with Crippen molar-refractivity contribution in [3.8, 4) is 0 Å². The van der Waals surface area contributed by atoms with Crippen LogP contribution in [0, 0.1) is 0 Å². The molecule has 3 heterocycles. The normalized spacial score (nSPS) is 35.1. The van der Waals surface area contributed by atoms with E-state index in [1.165, 1.54) is 5.56 Å². The maximum absolute atomic E-state index is 12.2. The first-order chi connectivity index (χ1) is 7.83. The van der Waals surface area contributed by atoms with E-state index in [9.17, 15) is 4.79 Å². The lowest BCUT2D eigenvalue weighted by molar-refractivity contribution is 0.0703. The highest BCUT2D eigenvalue weighted by Crippen LogP contribution is 2.41. The minimum Gasteiger partial charge on any atom is -0.368 e. The van der Waals surface area contributed by atoms with E-state index in [-0.39, 0.29) is 5.91 Å². The van der Waals surface area contributed by atoms with Gasteiger partial charge >= 0.3 is 0 Å². The van der Waals surface area contributed by atoms with Crippen LogP contribution in [0.15, 0.2) is 24.3 Å². The van der Waals surface area contributed by atoms with Crippen molar-refractivity contribution in [1.29, 1.82) is 0 Å². The fraction of sp³-hybridized carbons (Fsp3) is 0.462. The van der Waals surface area contributed by atoms with Gasteiger partial charge in [-0.05, 0) is 18.1 Å². The predicted octanol–water partition coefficient (Wildman–Crippen LogP) is 1.40. The number of rotatable bonds is 0. The summed E-state index contributed by atoms with van der Waals surface area (Å²) in [6.07, 6.45) is 1.78. The molecule has 0 radical (unpaired) electrons. The third-order valence-corrected chi connectivity index (χ3v) is 3.96. The van der Waals surface area contributed by atoms with E-state index in [1.807, 2.05) is 23.1 Å². The van der Waals surface area contributed by atoms with Gasteiger partial charge in [0.05, 0.1) is 6.10 Å². The monoisotopic (exact) mass is 215 g/mol. The number of benzene rings is 1. The molecule has 0 spiro atoms. The fourth-order valence-corrected chi connectivity index (χ4v) is 3.07. The van der Waals surface area contributed by atoms with Gasteiger partial charge in [0.2, 0.25) is 0 Å². The van der Waals surface area contributed by atoms with Gasteiger partial charge in [0, 0.05) is 24.6 Å². The van der Waals surface area contributed by atoms with Crippen LogP contribution >= 0.6 is 0 Å². The molecule has 16 heavy (non-hydrogen) atoms. The van der Waals surface area contributed by atoms with E-state index in [4.69, 9.17) is 4.74 Å². The minimum atomic E-state index is 0.183. The summed E-state index contributed by atoms with van der Waals surface area (Å²) in [5.41, 5.74) is 2.12.